The molecule has 7 aromatic carbocycles. The topological polar surface area (TPSA) is 41.6 Å². The first-order valence-electron chi connectivity index (χ1n) is 18.4. The molecular weight excluding hydrogens is 655 g/mol. The van der Waals surface area contributed by atoms with Crippen molar-refractivity contribution >= 4 is 21.8 Å². The minimum absolute atomic E-state index is 0.163. The summed E-state index contributed by atoms with van der Waals surface area (Å²) < 4.78 is 2.43. The number of pyridine rings is 1. The molecule has 9 aromatic rings. The van der Waals surface area contributed by atoms with Crippen LogP contribution in [0.15, 0.2) is 176 Å². The molecule has 54 heavy (non-hydrogen) atoms. The van der Waals surface area contributed by atoms with Crippen molar-refractivity contribution in [1.29, 1.82) is 5.26 Å². The molecule has 0 unspecified atom stereocenters. The molecule has 0 N–H and O–H groups in total. The maximum absolute atomic E-state index is 9.88. The minimum atomic E-state index is -0.163. The van der Waals surface area contributed by atoms with Crippen LogP contribution in [0.5, 0.6) is 0 Å². The Balaban J connectivity index is 1.27. The monoisotopic (exact) mass is 689 g/mol. The highest BCUT2D eigenvalue weighted by Crippen LogP contribution is 2.53. The van der Waals surface area contributed by atoms with Crippen molar-refractivity contribution in [3.8, 4) is 67.7 Å². The number of nitrogens with zero attached hydrogens (tertiary/aromatic N) is 3. The first-order chi connectivity index (χ1) is 26.5. The number of nitriles is 1. The quantitative estimate of drug-likeness (QED) is 0.180. The lowest BCUT2D eigenvalue weighted by Crippen LogP contribution is -2.15. The Bertz CT molecular complexity index is 2900. The lowest BCUT2D eigenvalue weighted by molar-refractivity contribution is 0.666. The van der Waals surface area contributed by atoms with Gasteiger partial charge in [-0.2, -0.15) is 5.26 Å². The van der Waals surface area contributed by atoms with Crippen LogP contribution < -0.4 is 0 Å². The van der Waals surface area contributed by atoms with Gasteiger partial charge in [0.2, 0.25) is 0 Å². The van der Waals surface area contributed by atoms with E-state index in [-0.39, 0.29) is 5.41 Å². The number of rotatable bonds is 5. The second-order valence-electron chi connectivity index (χ2n) is 14.7. The molecule has 3 nitrogen and oxygen atoms in total. The van der Waals surface area contributed by atoms with Gasteiger partial charge in [-0.05, 0) is 99.1 Å². The summed E-state index contributed by atoms with van der Waals surface area (Å²) in [5.74, 6) is 0. The second kappa shape index (κ2) is 12.3. The fourth-order valence-corrected chi connectivity index (χ4v) is 8.66. The van der Waals surface area contributed by atoms with E-state index in [0.717, 1.165) is 56.0 Å². The fraction of sp³-hybridized carbons (Fsp3) is 0.0588. The van der Waals surface area contributed by atoms with Crippen LogP contribution >= 0.6 is 0 Å². The van der Waals surface area contributed by atoms with Crippen molar-refractivity contribution in [3.63, 3.8) is 0 Å². The number of hydrogen-bond donors (Lipinski definition) is 0. The first kappa shape index (κ1) is 31.7. The SMILES string of the molecule is CC1(C)c2ccccc2-c2ccc3c(c21)c1ccccc1n3-c1cc(-c2cccc(C#N)c2)cc(-c2cc(-c3ccccc3)nc(-c3ccccc3)c2)c1. The third-order valence-corrected chi connectivity index (χ3v) is 11.2. The van der Waals surface area contributed by atoms with E-state index in [1.165, 1.54) is 38.5 Å². The number of para-hydroxylation sites is 1. The molecule has 0 spiro atoms. The number of benzene rings is 7. The van der Waals surface area contributed by atoms with Gasteiger partial charge in [-0.25, -0.2) is 4.98 Å². The van der Waals surface area contributed by atoms with Gasteiger partial charge in [0.15, 0.2) is 0 Å². The van der Waals surface area contributed by atoms with Crippen molar-refractivity contribution < 1.29 is 0 Å². The van der Waals surface area contributed by atoms with E-state index < -0.39 is 0 Å². The smallest absolute Gasteiger partial charge is 0.0991 e. The van der Waals surface area contributed by atoms with Crippen LogP contribution in [-0.2, 0) is 5.41 Å². The minimum Gasteiger partial charge on any atom is -0.309 e. The lowest BCUT2D eigenvalue weighted by atomic mass is 9.80. The number of aromatic nitrogens is 2. The van der Waals surface area contributed by atoms with E-state index in [1.54, 1.807) is 0 Å². The van der Waals surface area contributed by atoms with Gasteiger partial charge in [-0.3, -0.25) is 0 Å². The van der Waals surface area contributed by atoms with E-state index in [0.29, 0.717) is 5.56 Å². The molecule has 0 aliphatic heterocycles. The highest BCUT2D eigenvalue weighted by Gasteiger charge is 2.38. The van der Waals surface area contributed by atoms with E-state index in [2.05, 4.69) is 170 Å². The average Bonchev–Trinajstić information content (AvgIpc) is 3.69. The molecule has 3 heteroatoms. The summed E-state index contributed by atoms with van der Waals surface area (Å²) >= 11 is 0. The molecule has 0 bridgehead atoms. The van der Waals surface area contributed by atoms with E-state index in [9.17, 15) is 5.26 Å². The lowest BCUT2D eigenvalue weighted by Gasteiger charge is -2.22. The molecule has 0 fully saturated rings. The number of hydrogen-bond acceptors (Lipinski definition) is 2. The molecular formula is C51H35N3. The van der Waals surface area contributed by atoms with Crippen LogP contribution in [-0.4, -0.2) is 9.55 Å². The number of fused-ring (bicyclic) bond motifs is 7. The molecule has 0 amide bonds. The Morgan fingerprint density at radius 2 is 1.11 bits per heavy atom. The zero-order valence-corrected chi connectivity index (χ0v) is 30.1. The van der Waals surface area contributed by atoms with Crippen LogP contribution in [0.4, 0.5) is 0 Å². The predicted octanol–water partition coefficient (Wildman–Crippen LogP) is 13.0. The summed E-state index contributed by atoms with van der Waals surface area (Å²) in [5, 5.41) is 12.4. The normalized spacial score (nSPS) is 12.8. The first-order valence-corrected chi connectivity index (χ1v) is 18.4. The Kier molecular flexibility index (Phi) is 7.22. The van der Waals surface area contributed by atoms with Gasteiger partial charge in [0.05, 0.1) is 34.1 Å². The van der Waals surface area contributed by atoms with Crippen LogP contribution in [0, 0.1) is 11.3 Å². The Morgan fingerprint density at radius 1 is 0.500 bits per heavy atom. The zero-order valence-electron chi connectivity index (χ0n) is 30.1. The fourth-order valence-electron chi connectivity index (χ4n) is 8.66. The van der Waals surface area contributed by atoms with Gasteiger partial charge in [0, 0.05) is 33.0 Å². The van der Waals surface area contributed by atoms with Gasteiger partial charge in [0.1, 0.15) is 0 Å². The summed E-state index contributed by atoms with van der Waals surface area (Å²) in [4.78, 5) is 5.18. The third kappa shape index (κ3) is 4.99. The molecule has 0 atom stereocenters. The van der Waals surface area contributed by atoms with Crippen LogP contribution in [0.1, 0.15) is 30.5 Å². The predicted molar refractivity (Wildman–Crippen MR) is 223 cm³/mol. The highest BCUT2D eigenvalue weighted by atomic mass is 15.0. The Labute approximate surface area is 315 Å². The third-order valence-electron chi connectivity index (χ3n) is 11.2. The van der Waals surface area contributed by atoms with Crippen molar-refractivity contribution in [2.75, 3.05) is 0 Å². The molecule has 0 saturated carbocycles. The molecule has 10 rings (SSSR count). The van der Waals surface area contributed by atoms with Gasteiger partial charge < -0.3 is 4.57 Å². The van der Waals surface area contributed by atoms with Crippen LogP contribution in [0.2, 0.25) is 0 Å². The summed E-state index contributed by atoms with van der Waals surface area (Å²) in [5.41, 5.74) is 17.4. The van der Waals surface area contributed by atoms with E-state index in [4.69, 9.17) is 4.98 Å². The zero-order chi connectivity index (χ0) is 36.4. The van der Waals surface area contributed by atoms with Crippen molar-refractivity contribution in [2.24, 2.45) is 0 Å². The summed E-state index contributed by atoms with van der Waals surface area (Å²) in [6, 6.07) is 64.6. The standard InChI is InChI=1S/C51H35N3/c1-51(2)44-22-11-9-20-41(44)42-24-25-48-49(50(42)51)43-21-10-12-23-47(43)54(48)40-28-37(36-19-13-14-33(26-36)32-52)27-38(29-40)39-30-45(34-15-5-3-6-16-34)53-46(31-39)35-17-7-4-8-18-35/h3-31H,1-2H3. The van der Waals surface area contributed by atoms with Crippen molar-refractivity contribution in [3.05, 3.63) is 193 Å². The van der Waals surface area contributed by atoms with Crippen molar-refractivity contribution in [2.45, 2.75) is 19.3 Å². The largest absolute Gasteiger partial charge is 0.309 e. The maximum Gasteiger partial charge on any atom is 0.0991 e. The summed E-state index contributed by atoms with van der Waals surface area (Å²) in [6.45, 7) is 4.73. The van der Waals surface area contributed by atoms with E-state index >= 15 is 0 Å². The van der Waals surface area contributed by atoms with Crippen LogP contribution in [0.3, 0.4) is 0 Å². The molecule has 254 valence electrons. The van der Waals surface area contributed by atoms with Gasteiger partial charge in [-0.15, -0.1) is 0 Å². The Morgan fingerprint density at radius 3 is 1.83 bits per heavy atom. The summed E-state index contributed by atoms with van der Waals surface area (Å²) in [7, 11) is 0. The van der Waals surface area contributed by atoms with Gasteiger partial charge in [-0.1, -0.05) is 135 Å². The second-order valence-corrected chi connectivity index (χ2v) is 14.7. The van der Waals surface area contributed by atoms with E-state index in [1.807, 2.05) is 30.3 Å². The van der Waals surface area contributed by atoms with Crippen LogP contribution in [0.25, 0.3) is 83.4 Å². The molecule has 2 heterocycles. The molecule has 1 aliphatic carbocycles. The van der Waals surface area contributed by atoms with Gasteiger partial charge in [0.25, 0.3) is 0 Å². The molecule has 0 radical (unpaired) electrons. The molecule has 0 saturated heterocycles. The highest BCUT2D eigenvalue weighted by molar-refractivity contribution is 6.14. The van der Waals surface area contributed by atoms with Gasteiger partial charge >= 0.3 is 0 Å². The maximum atomic E-state index is 9.88. The Hall–Kier alpha value is -7.02. The summed E-state index contributed by atoms with van der Waals surface area (Å²) in [6.07, 6.45) is 0. The molecule has 1 aliphatic rings. The average molecular weight is 690 g/mol. The molecule has 2 aromatic heterocycles. The van der Waals surface area contributed by atoms with Crippen molar-refractivity contribution in [1.82, 2.24) is 9.55 Å².